The summed E-state index contributed by atoms with van der Waals surface area (Å²) >= 11 is 0. The van der Waals surface area contributed by atoms with Crippen LogP contribution >= 0.6 is 0 Å². The van der Waals surface area contributed by atoms with Gasteiger partial charge in [0.1, 0.15) is 36.1 Å². The molecule has 0 bridgehead atoms. The third kappa shape index (κ3) is 6.42. The van der Waals surface area contributed by atoms with Crippen LogP contribution in [0.4, 0.5) is 14.6 Å². The van der Waals surface area contributed by atoms with Gasteiger partial charge in [-0.2, -0.15) is 5.10 Å². The van der Waals surface area contributed by atoms with E-state index in [4.69, 9.17) is 14.0 Å². The van der Waals surface area contributed by atoms with Gasteiger partial charge in [-0.3, -0.25) is 9.58 Å². The standard InChI is InChI=1S/C30H33F2N7O4/c1-20-5-4-9-38(27(20)30(40)42-16-12-37-10-14-41-15-11-37)29-23(32)18-33-28(34-29)25-17-26(24-8-13-43-36-24)39(35-25)19-21-6-2-3-7-22(21)31/h2-3,6-8,13,17-18,20,27H,4-5,9-12,14-16,19H2,1H3/t20-,27?/m0/s1. The summed E-state index contributed by atoms with van der Waals surface area (Å²) in [6, 6.07) is 9.10. The summed E-state index contributed by atoms with van der Waals surface area (Å²) in [5, 5.41) is 8.66. The van der Waals surface area contributed by atoms with Crippen molar-refractivity contribution < 1.29 is 27.6 Å². The molecule has 0 radical (unpaired) electrons. The first-order chi connectivity index (χ1) is 21.0. The third-order valence-electron chi connectivity index (χ3n) is 7.92. The number of esters is 1. The van der Waals surface area contributed by atoms with Crippen molar-refractivity contribution in [2.75, 3.05) is 50.9 Å². The molecule has 0 aliphatic carbocycles. The number of carbonyl (C=O) groups excluding carboxylic acids is 1. The van der Waals surface area contributed by atoms with E-state index in [1.54, 1.807) is 39.9 Å². The van der Waals surface area contributed by atoms with Crippen molar-refractivity contribution >= 4 is 11.8 Å². The predicted octanol–water partition coefficient (Wildman–Crippen LogP) is 3.80. The number of morpholine rings is 1. The van der Waals surface area contributed by atoms with E-state index in [0.29, 0.717) is 48.9 Å². The molecule has 4 aromatic rings. The monoisotopic (exact) mass is 593 g/mol. The molecule has 0 amide bonds. The highest BCUT2D eigenvalue weighted by atomic mass is 19.1. The summed E-state index contributed by atoms with van der Waals surface area (Å²) in [7, 11) is 0. The van der Waals surface area contributed by atoms with Crippen LogP contribution in [0, 0.1) is 17.6 Å². The molecule has 0 saturated carbocycles. The van der Waals surface area contributed by atoms with Gasteiger partial charge in [-0.05, 0) is 30.9 Å². The molecule has 2 fully saturated rings. The van der Waals surface area contributed by atoms with E-state index < -0.39 is 17.8 Å². The van der Waals surface area contributed by atoms with Crippen molar-refractivity contribution in [2.24, 2.45) is 5.92 Å². The Hall–Kier alpha value is -4.23. The van der Waals surface area contributed by atoms with E-state index in [1.165, 1.54) is 12.3 Å². The number of hydrogen-bond donors (Lipinski definition) is 0. The second-order valence-corrected chi connectivity index (χ2v) is 10.8. The maximum Gasteiger partial charge on any atom is 0.329 e. The smallest absolute Gasteiger partial charge is 0.329 e. The Morgan fingerprint density at radius 2 is 1.93 bits per heavy atom. The minimum Gasteiger partial charge on any atom is -0.463 e. The molecule has 13 heteroatoms. The van der Waals surface area contributed by atoms with Crippen LogP contribution in [-0.4, -0.2) is 87.8 Å². The minimum atomic E-state index is -0.694. The number of carbonyl (C=O) groups is 1. The SMILES string of the molecule is C[C@H]1CCCN(c2nc(-c3cc(-c4ccon4)n(Cc4ccccc4F)n3)ncc2F)C1C(=O)OCCN1CCOCC1. The zero-order valence-corrected chi connectivity index (χ0v) is 23.9. The van der Waals surface area contributed by atoms with Crippen molar-refractivity contribution in [1.29, 1.82) is 0 Å². The molecule has 2 aliphatic heterocycles. The predicted molar refractivity (Wildman–Crippen MR) is 152 cm³/mol. The number of nitrogens with zero attached hydrogens (tertiary/aromatic N) is 7. The first-order valence-electron chi connectivity index (χ1n) is 14.5. The van der Waals surface area contributed by atoms with Crippen molar-refractivity contribution in [1.82, 2.24) is 29.8 Å². The van der Waals surface area contributed by atoms with Crippen molar-refractivity contribution in [3.8, 4) is 22.9 Å². The first kappa shape index (κ1) is 28.9. The summed E-state index contributed by atoms with van der Waals surface area (Å²) in [5.74, 6) is -1.31. The second kappa shape index (κ2) is 13.0. The van der Waals surface area contributed by atoms with Gasteiger partial charge in [-0.25, -0.2) is 23.5 Å². The number of hydrogen-bond acceptors (Lipinski definition) is 10. The minimum absolute atomic E-state index is 0.0123. The van der Waals surface area contributed by atoms with Gasteiger partial charge in [-0.15, -0.1) is 0 Å². The van der Waals surface area contributed by atoms with Gasteiger partial charge >= 0.3 is 5.97 Å². The lowest BCUT2D eigenvalue weighted by molar-refractivity contribution is -0.147. The van der Waals surface area contributed by atoms with Crippen LogP contribution in [0.5, 0.6) is 0 Å². The molecule has 2 aliphatic rings. The molecule has 1 unspecified atom stereocenters. The van der Waals surface area contributed by atoms with E-state index in [1.807, 2.05) is 6.92 Å². The topological polar surface area (TPSA) is 112 Å². The summed E-state index contributed by atoms with van der Waals surface area (Å²) in [5.41, 5.74) is 1.81. The molecule has 43 heavy (non-hydrogen) atoms. The lowest BCUT2D eigenvalue weighted by atomic mass is 9.90. The lowest BCUT2D eigenvalue weighted by Crippen LogP contribution is -2.51. The van der Waals surface area contributed by atoms with Crippen LogP contribution < -0.4 is 4.90 Å². The number of benzene rings is 1. The summed E-state index contributed by atoms with van der Waals surface area (Å²) in [6.07, 6.45) is 4.09. The molecule has 0 spiro atoms. The maximum atomic E-state index is 15.3. The van der Waals surface area contributed by atoms with Crippen LogP contribution in [0.1, 0.15) is 25.3 Å². The number of anilines is 1. The van der Waals surface area contributed by atoms with E-state index in [2.05, 4.69) is 25.1 Å². The Morgan fingerprint density at radius 3 is 2.72 bits per heavy atom. The molecule has 2 saturated heterocycles. The Labute approximate surface area is 247 Å². The van der Waals surface area contributed by atoms with E-state index in [-0.39, 0.29) is 36.5 Å². The van der Waals surface area contributed by atoms with Crippen molar-refractivity contribution in [3.05, 3.63) is 66.1 Å². The van der Waals surface area contributed by atoms with Crippen LogP contribution in [0.3, 0.4) is 0 Å². The number of aromatic nitrogens is 5. The van der Waals surface area contributed by atoms with E-state index >= 15 is 4.39 Å². The van der Waals surface area contributed by atoms with Gasteiger partial charge in [0.2, 0.25) is 0 Å². The van der Waals surface area contributed by atoms with Gasteiger partial charge in [0.15, 0.2) is 17.5 Å². The molecule has 0 N–H and O–H groups in total. The van der Waals surface area contributed by atoms with E-state index in [9.17, 15) is 9.18 Å². The molecule has 2 atom stereocenters. The fraction of sp³-hybridized carbons (Fsp3) is 0.433. The Kier molecular flexibility index (Phi) is 8.70. The fourth-order valence-electron chi connectivity index (χ4n) is 5.64. The normalized spacial score (nSPS) is 19.5. The van der Waals surface area contributed by atoms with Crippen LogP contribution in [0.2, 0.25) is 0 Å². The molecule has 5 heterocycles. The fourth-order valence-corrected chi connectivity index (χ4v) is 5.64. The first-order valence-corrected chi connectivity index (χ1v) is 14.5. The highest BCUT2D eigenvalue weighted by Crippen LogP contribution is 2.32. The number of piperidine rings is 1. The third-order valence-corrected chi connectivity index (χ3v) is 7.92. The van der Waals surface area contributed by atoms with Gasteiger partial charge in [0.25, 0.3) is 0 Å². The zero-order chi connectivity index (χ0) is 29.8. The van der Waals surface area contributed by atoms with Gasteiger partial charge in [0.05, 0.1) is 31.6 Å². The summed E-state index contributed by atoms with van der Waals surface area (Å²) in [4.78, 5) is 26.0. The van der Waals surface area contributed by atoms with Gasteiger partial charge < -0.3 is 18.9 Å². The molecular weight excluding hydrogens is 560 g/mol. The Bertz CT molecular complexity index is 1540. The highest BCUT2D eigenvalue weighted by Gasteiger charge is 2.38. The largest absolute Gasteiger partial charge is 0.463 e. The summed E-state index contributed by atoms with van der Waals surface area (Å²) in [6.45, 7) is 6.31. The van der Waals surface area contributed by atoms with Crippen LogP contribution in [0.25, 0.3) is 22.9 Å². The van der Waals surface area contributed by atoms with Gasteiger partial charge in [0, 0.05) is 37.8 Å². The number of rotatable bonds is 9. The van der Waals surface area contributed by atoms with Crippen molar-refractivity contribution in [3.63, 3.8) is 0 Å². The molecule has 3 aromatic heterocycles. The average Bonchev–Trinajstić information content (AvgIpc) is 3.69. The number of halogens is 2. The molecule has 11 nitrogen and oxygen atoms in total. The number of ether oxygens (including phenoxy) is 2. The summed E-state index contributed by atoms with van der Waals surface area (Å²) < 4.78 is 47.5. The van der Waals surface area contributed by atoms with Crippen LogP contribution in [-0.2, 0) is 20.8 Å². The molecule has 1 aromatic carbocycles. The van der Waals surface area contributed by atoms with Gasteiger partial charge in [-0.1, -0.05) is 30.3 Å². The Morgan fingerprint density at radius 1 is 1.09 bits per heavy atom. The Balaban J connectivity index is 1.27. The zero-order valence-electron chi connectivity index (χ0n) is 23.9. The van der Waals surface area contributed by atoms with Crippen LogP contribution in [0.15, 0.2) is 53.4 Å². The van der Waals surface area contributed by atoms with E-state index in [0.717, 1.165) is 32.1 Å². The van der Waals surface area contributed by atoms with Crippen molar-refractivity contribution in [2.45, 2.75) is 32.4 Å². The lowest BCUT2D eigenvalue weighted by Gasteiger charge is -2.39. The molecule has 6 rings (SSSR count). The highest BCUT2D eigenvalue weighted by molar-refractivity contribution is 5.80. The second-order valence-electron chi connectivity index (χ2n) is 10.8. The average molecular weight is 594 g/mol. The maximum absolute atomic E-state index is 15.3. The molecule has 226 valence electrons. The molecular formula is C30H33F2N7O4. The quantitative estimate of drug-likeness (QED) is 0.266.